The SMILES string of the molecule is CC(=O)O[C@@]1(C)CC[C@H]2C(C)(C)CCC[C@]2(C)[C@H]1CCI. The van der Waals surface area contributed by atoms with Crippen LogP contribution < -0.4 is 0 Å². The Bertz CT molecular complexity index is 406. The monoisotopic (exact) mass is 406 g/mol. The molecule has 0 heterocycles. The smallest absolute Gasteiger partial charge is 0.303 e. The number of rotatable bonds is 3. The summed E-state index contributed by atoms with van der Waals surface area (Å²) in [5, 5.41) is 0. The van der Waals surface area contributed by atoms with E-state index in [2.05, 4.69) is 50.3 Å². The summed E-state index contributed by atoms with van der Waals surface area (Å²) in [6.45, 7) is 11.1. The van der Waals surface area contributed by atoms with Crippen molar-refractivity contribution in [2.45, 2.75) is 78.7 Å². The molecule has 0 aromatic rings. The van der Waals surface area contributed by atoms with Gasteiger partial charge in [-0.1, -0.05) is 49.8 Å². The lowest BCUT2D eigenvalue weighted by Crippen LogP contribution is -2.58. The predicted molar refractivity (Wildman–Crippen MR) is 95.6 cm³/mol. The number of fused-ring (bicyclic) bond motifs is 1. The fraction of sp³-hybridized carbons (Fsp3) is 0.944. The maximum absolute atomic E-state index is 11.6. The topological polar surface area (TPSA) is 26.3 Å². The van der Waals surface area contributed by atoms with E-state index in [4.69, 9.17) is 4.74 Å². The second-order valence-corrected chi connectivity index (χ2v) is 9.45. The number of hydrogen-bond donors (Lipinski definition) is 0. The Labute approximate surface area is 143 Å². The zero-order valence-corrected chi connectivity index (χ0v) is 16.5. The number of carbonyl (C=O) groups excluding carboxylic acids is 1. The van der Waals surface area contributed by atoms with Crippen LogP contribution >= 0.6 is 22.6 Å². The molecule has 0 saturated heterocycles. The minimum absolute atomic E-state index is 0.118. The van der Waals surface area contributed by atoms with Gasteiger partial charge in [-0.05, 0) is 60.2 Å². The van der Waals surface area contributed by atoms with Crippen molar-refractivity contribution in [2.24, 2.45) is 22.7 Å². The van der Waals surface area contributed by atoms with Crippen LogP contribution in [0.3, 0.4) is 0 Å². The maximum atomic E-state index is 11.6. The summed E-state index contributed by atoms with van der Waals surface area (Å²) in [4.78, 5) is 11.6. The normalized spacial score (nSPS) is 42.2. The van der Waals surface area contributed by atoms with Gasteiger partial charge < -0.3 is 4.74 Å². The first-order valence-corrected chi connectivity index (χ1v) is 9.94. The second kappa shape index (κ2) is 6.01. The molecule has 0 aromatic carbocycles. The van der Waals surface area contributed by atoms with E-state index in [1.807, 2.05) is 0 Å². The summed E-state index contributed by atoms with van der Waals surface area (Å²) >= 11 is 2.48. The second-order valence-electron chi connectivity index (χ2n) is 8.38. The molecular formula is C18H31IO2. The first-order valence-electron chi connectivity index (χ1n) is 8.41. The van der Waals surface area contributed by atoms with Crippen molar-refractivity contribution in [1.82, 2.24) is 0 Å². The van der Waals surface area contributed by atoms with Gasteiger partial charge in [-0.3, -0.25) is 4.79 Å². The molecule has 4 atom stereocenters. The summed E-state index contributed by atoms with van der Waals surface area (Å²) in [6, 6.07) is 0. The van der Waals surface area contributed by atoms with Crippen LogP contribution in [0.5, 0.6) is 0 Å². The van der Waals surface area contributed by atoms with E-state index in [1.165, 1.54) is 25.7 Å². The van der Waals surface area contributed by atoms with E-state index in [0.29, 0.717) is 16.7 Å². The van der Waals surface area contributed by atoms with Gasteiger partial charge in [-0.25, -0.2) is 0 Å². The van der Waals surface area contributed by atoms with Crippen LogP contribution in [0, 0.1) is 22.7 Å². The van der Waals surface area contributed by atoms with E-state index >= 15 is 0 Å². The Balaban J connectivity index is 2.38. The first-order chi connectivity index (χ1) is 9.66. The third kappa shape index (κ3) is 3.13. The highest BCUT2D eigenvalue weighted by Gasteiger charge is 2.59. The summed E-state index contributed by atoms with van der Waals surface area (Å²) in [5.74, 6) is 1.13. The van der Waals surface area contributed by atoms with Crippen molar-refractivity contribution in [3.05, 3.63) is 0 Å². The van der Waals surface area contributed by atoms with Gasteiger partial charge in [-0.2, -0.15) is 0 Å². The summed E-state index contributed by atoms with van der Waals surface area (Å²) < 4.78 is 7.02. The molecule has 0 aliphatic heterocycles. The van der Waals surface area contributed by atoms with Crippen LogP contribution in [-0.2, 0) is 9.53 Å². The molecule has 0 aromatic heterocycles. The first kappa shape index (κ1) is 17.6. The molecule has 122 valence electrons. The molecule has 2 rings (SSSR count). The Kier molecular flexibility index (Phi) is 5.02. The van der Waals surface area contributed by atoms with Crippen LogP contribution in [0.1, 0.15) is 73.1 Å². The van der Waals surface area contributed by atoms with Gasteiger partial charge in [0.05, 0.1) is 0 Å². The number of alkyl halides is 1. The minimum atomic E-state index is -0.268. The van der Waals surface area contributed by atoms with Crippen molar-refractivity contribution in [1.29, 1.82) is 0 Å². The Morgan fingerprint density at radius 2 is 1.86 bits per heavy atom. The lowest BCUT2D eigenvalue weighted by molar-refractivity contribution is -0.198. The third-order valence-electron chi connectivity index (χ3n) is 6.51. The molecule has 0 amide bonds. The number of esters is 1. The van der Waals surface area contributed by atoms with Crippen LogP contribution in [0.2, 0.25) is 0 Å². The van der Waals surface area contributed by atoms with Gasteiger partial charge in [0.25, 0.3) is 0 Å². The molecule has 2 saturated carbocycles. The predicted octanol–water partition coefficient (Wildman–Crippen LogP) is 5.38. The van der Waals surface area contributed by atoms with Crippen molar-refractivity contribution in [3.63, 3.8) is 0 Å². The van der Waals surface area contributed by atoms with Crippen LogP contribution in [0.25, 0.3) is 0 Å². The summed E-state index contributed by atoms with van der Waals surface area (Å²) in [6.07, 6.45) is 7.33. The standard InChI is InChI=1S/C18H31IO2/c1-13(20)21-18(5)11-7-14-16(2,3)9-6-10-17(14,4)15(18)8-12-19/h14-15H,6-12H2,1-5H3/t14-,15+,17-,18-/m0/s1. The minimum Gasteiger partial charge on any atom is -0.459 e. The van der Waals surface area contributed by atoms with E-state index in [-0.39, 0.29) is 11.6 Å². The lowest BCUT2D eigenvalue weighted by atomic mass is 9.45. The molecule has 0 unspecified atom stereocenters. The van der Waals surface area contributed by atoms with Crippen LogP contribution in [0.4, 0.5) is 0 Å². The fourth-order valence-electron chi connectivity index (χ4n) is 5.80. The number of ether oxygens (including phenoxy) is 1. The molecule has 2 aliphatic carbocycles. The maximum Gasteiger partial charge on any atom is 0.303 e. The van der Waals surface area contributed by atoms with Gasteiger partial charge in [0, 0.05) is 12.8 Å². The van der Waals surface area contributed by atoms with E-state index < -0.39 is 0 Å². The van der Waals surface area contributed by atoms with Crippen LogP contribution in [0.15, 0.2) is 0 Å². The quantitative estimate of drug-likeness (QED) is 0.358. The van der Waals surface area contributed by atoms with E-state index in [1.54, 1.807) is 6.92 Å². The molecule has 2 fully saturated rings. The molecule has 0 spiro atoms. The van der Waals surface area contributed by atoms with Gasteiger partial charge in [0.2, 0.25) is 0 Å². The Morgan fingerprint density at radius 1 is 1.19 bits per heavy atom. The number of halogens is 1. The van der Waals surface area contributed by atoms with Gasteiger partial charge in [0.1, 0.15) is 5.60 Å². The highest BCUT2D eigenvalue weighted by molar-refractivity contribution is 14.1. The third-order valence-corrected chi connectivity index (χ3v) is 7.14. The van der Waals surface area contributed by atoms with Crippen molar-refractivity contribution in [2.75, 3.05) is 4.43 Å². The molecule has 0 N–H and O–H groups in total. The molecule has 21 heavy (non-hydrogen) atoms. The van der Waals surface area contributed by atoms with Gasteiger partial charge >= 0.3 is 5.97 Å². The number of hydrogen-bond acceptors (Lipinski definition) is 2. The molecular weight excluding hydrogens is 375 g/mol. The van der Waals surface area contributed by atoms with Gasteiger partial charge in [0.15, 0.2) is 0 Å². The molecule has 2 nitrogen and oxygen atoms in total. The molecule has 0 bridgehead atoms. The summed E-state index contributed by atoms with van der Waals surface area (Å²) in [5.41, 5.74) is 0.471. The molecule has 3 heteroatoms. The zero-order chi connectivity index (χ0) is 15.9. The average molecular weight is 406 g/mol. The highest BCUT2D eigenvalue weighted by atomic mass is 127. The number of carbonyl (C=O) groups is 1. The van der Waals surface area contributed by atoms with Crippen molar-refractivity contribution < 1.29 is 9.53 Å². The van der Waals surface area contributed by atoms with E-state index in [0.717, 1.165) is 23.2 Å². The van der Waals surface area contributed by atoms with Crippen molar-refractivity contribution >= 4 is 28.6 Å². The van der Waals surface area contributed by atoms with E-state index in [9.17, 15) is 4.79 Å². The van der Waals surface area contributed by atoms with Gasteiger partial charge in [-0.15, -0.1) is 0 Å². The molecule has 0 radical (unpaired) electrons. The lowest BCUT2D eigenvalue weighted by Gasteiger charge is -2.61. The van der Waals surface area contributed by atoms with Crippen molar-refractivity contribution in [3.8, 4) is 0 Å². The fourth-order valence-corrected chi connectivity index (χ4v) is 6.42. The Morgan fingerprint density at radius 3 is 2.43 bits per heavy atom. The zero-order valence-electron chi connectivity index (χ0n) is 14.3. The summed E-state index contributed by atoms with van der Waals surface area (Å²) in [7, 11) is 0. The largest absolute Gasteiger partial charge is 0.459 e. The average Bonchev–Trinajstić information content (AvgIpc) is 2.32. The Hall–Kier alpha value is 0.200. The molecule has 2 aliphatic rings. The highest BCUT2D eigenvalue weighted by Crippen LogP contribution is 2.63. The van der Waals surface area contributed by atoms with Crippen LogP contribution in [-0.4, -0.2) is 16.0 Å².